The molecule has 0 saturated heterocycles. The number of ether oxygens (including phenoxy) is 2. The van der Waals surface area contributed by atoms with E-state index in [0.717, 1.165) is 36.3 Å². The van der Waals surface area contributed by atoms with Gasteiger partial charge in [0.1, 0.15) is 0 Å². The molecule has 2 atom stereocenters. The van der Waals surface area contributed by atoms with Crippen LogP contribution in [-0.4, -0.2) is 11.4 Å². The highest BCUT2D eigenvalue weighted by Crippen LogP contribution is 2.37. The van der Waals surface area contributed by atoms with Crippen LogP contribution in [0.4, 0.5) is 0 Å². The first-order valence-electron chi connectivity index (χ1n) is 8.85. The molecule has 0 radical (unpaired) electrons. The smallest absolute Gasteiger partial charge is 0.258 e. The highest BCUT2D eigenvalue weighted by Gasteiger charge is 2.26. The largest absolute Gasteiger partial charge is 0.454 e. The number of aromatic nitrogens is 1. The lowest BCUT2D eigenvalue weighted by molar-refractivity contribution is 0.174. The maximum absolute atomic E-state index is 13.1. The van der Waals surface area contributed by atoms with Crippen molar-refractivity contribution in [3.8, 4) is 22.6 Å². The summed E-state index contributed by atoms with van der Waals surface area (Å²) in [6.45, 7) is 5.51. The van der Waals surface area contributed by atoms with E-state index >= 15 is 0 Å². The maximum atomic E-state index is 13.1. The molecule has 2 unspecified atom stereocenters. The van der Waals surface area contributed by atoms with Crippen LogP contribution in [0.2, 0.25) is 0 Å². The first-order chi connectivity index (χ1) is 11.7. The molecule has 0 bridgehead atoms. The van der Waals surface area contributed by atoms with Gasteiger partial charge in [-0.1, -0.05) is 26.3 Å². The van der Waals surface area contributed by atoms with Gasteiger partial charge in [0, 0.05) is 17.8 Å². The normalized spacial score (nSPS) is 21.6. The Morgan fingerprint density at radius 3 is 2.71 bits per heavy atom. The lowest BCUT2D eigenvalue weighted by Gasteiger charge is -2.32. The van der Waals surface area contributed by atoms with Crippen LogP contribution in [0, 0.1) is 5.92 Å². The zero-order valence-corrected chi connectivity index (χ0v) is 14.2. The third kappa shape index (κ3) is 2.41. The second kappa shape index (κ2) is 6.00. The Morgan fingerprint density at radius 1 is 1.08 bits per heavy atom. The molecule has 2 aromatic rings. The van der Waals surface area contributed by atoms with Gasteiger partial charge in [-0.2, -0.15) is 0 Å². The van der Waals surface area contributed by atoms with Crippen molar-refractivity contribution in [2.24, 2.45) is 5.92 Å². The van der Waals surface area contributed by atoms with E-state index in [9.17, 15) is 4.79 Å². The van der Waals surface area contributed by atoms with Gasteiger partial charge in [0.05, 0.1) is 0 Å². The molecule has 0 amide bonds. The fourth-order valence-corrected chi connectivity index (χ4v) is 3.95. The molecular weight excluding hydrogens is 302 g/mol. The Balaban J connectivity index is 1.80. The van der Waals surface area contributed by atoms with E-state index in [1.54, 1.807) is 0 Å². The average Bonchev–Trinajstić information content (AvgIpc) is 3.09. The molecule has 1 aromatic carbocycles. The van der Waals surface area contributed by atoms with Crippen molar-refractivity contribution >= 4 is 0 Å². The summed E-state index contributed by atoms with van der Waals surface area (Å²) in [6.07, 6.45) is 3.39. The molecule has 0 spiro atoms. The molecule has 4 heteroatoms. The van der Waals surface area contributed by atoms with E-state index < -0.39 is 0 Å². The summed E-state index contributed by atoms with van der Waals surface area (Å²) in [4.78, 5) is 13.1. The van der Waals surface area contributed by atoms with E-state index in [-0.39, 0.29) is 12.4 Å². The van der Waals surface area contributed by atoms with Crippen LogP contribution in [-0.2, 0) is 6.54 Å². The Hall–Kier alpha value is -2.23. The van der Waals surface area contributed by atoms with Gasteiger partial charge in [-0.05, 0) is 54.5 Å². The molecule has 1 aromatic heterocycles. The zero-order valence-electron chi connectivity index (χ0n) is 14.2. The number of hydrogen-bond donors (Lipinski definition) is 0. The summed E-state index contributed by atoms with van der Waals surface area (Å²) in [6, 6.07) is 9.84. The van der Waals surface area contributed by atoms with Crippen molar-refractivity contribution in [1.82, 2.24) is 4.57 Å². The van der Waals surface area contributed by atoms with Crippen molar-refractivity contribution < 1.29 is 9.47 Å². The minimum Gasteiger partial charge on any atom is -0.454 e. The van der Waals surface area contributed by atoms with Crippen LogP contribution in [0.15, 0.2) is 35.1 Å². The molecule has 126 valence electrons. The second-order valence-electron chi connectivity index (χ2n) is 6.77. The van der Waals surface area contributed by atoms with E-state index in [2.05, 4.69) is 19.9 Å². The predicted molar refractivity (Wildman–Crippen MR) is 93.7 cm³/mol. The summed E-state index contributed by atoms with van der Waals surface area (Å²) < 4.78 is 12.8. The minimum absolute atomic E-state index is 0.114. The van der Waals surface area contributed by atoms with Crippen molar-refractivity contribution in [2.45, 2.75) is 45.6 Å². The second-order valence-corrected chi connectivity index (χ2v) is 6.77. The van der Waals surface area contributed by atoms with Crippen molar-refractivity contribution in [3.63, 3.8) is 0 Å². The standard InChI is InChI=1S/C20H23NO3/c1-3-13-9-14(4-2)17-7-6-16(20(22)21(17)11-13)15-5-8-18-19(10-15)24-12-23-18/h5-8,10,13-14H,3-4,9,11-12H2,1-2H3. The average molecular weight is 325 g/mol. The van der Waals surface area contributed by atoms with Crippen LogP contribution < -0.4 is 15.0 Å². The highest BCUT2D eigenvalue weighted by atomic mass is 16.7. The molecule has 4 rings (SSSR count). The minimum atomic E-state index is 0.114. The number of fused-ring (bicyclic) bond motifs is 2. The molecule has 3 heterocycles. The van der Waals surface area contributed by atoms with Gasteiger partial charge in [0.25, 0.3) is 5.56 Å². The number of rotatable bonds is 3. The summed E-state index contributed by atoms with van der Waals surface area (Å²) in [5, 5.41) is 0. The van der Waals surface area contributed by atoms with Crippen LogP contribution in [0.3, 0.4) is 0 Å². The van der Waals surface area contributed by atoms with Crippen LogP contribution in [0.5, 0.6) is 11.5 Å². The summed E-state index contributed by atoms with van der Waals surface area (Å²) in [7, 11) is 0. The Labute approximate surface area is 142 Å². The molecule has 0 N–H and O–H groups in total. The van der Waals surface area contributed by atoms with Crippen molar-refractivity contribution in [2.75, 3.05) is 6.79 Å². The molecule has 0 fully saturated rings. The van der Waals surface area contributed by atoms with E-state index in [1.165, 1.54) is 12.1 Å². The third-order valence-corrected chi connectivity index (χ3v) is 5.44. The van der Waals surface area contributed by atoms with E-state index in [1.807, 2.05) is 28.8 Å². The molecule has 24 heavy (non-hydrogen) atoms. The Kier molecular flexibility index (Phi) is 3.83. The Bertz CT molecular complexity index is 824. The zero-order chi connectivity index (χ0) is 16.7. The topological polar surface area (TPSA) is 40.5 Å². The number of hydrogen-bond acceptors (Lipinski definition) is 3. The summed E-state index contributed by atoms with van der Waals surface area (Å²) in [5.41, 5.74) is 2.94. The van der Waals surface area contributed by atoms with Gasteiger partial charge in [-0.15, -0.1) is 0 Å². The SMILES string of the molecule is CCC1CC(CC)c2ccc(-c3ccc4c(c3)OCO4)c(=O)n2C1. The van der Waals surface area contributed by atoms with Gasteiger partial charge < -0.3 is 14.0 Å². The van der Waals surface area contributed by atoms with E-state index in [4.69, 9.17) is 9.47 Å². The monoisotopic (exact) mass is 325 g/mol. The number of pyridine rings is 1. The number of nitrogens with zero attached hydrogens (tertiary/aromatic N) is 1. The lowest BCUT2D eigenvalue weighted by atomic mass is 9.84. The van der Waals surface area contributed by atoms with Gasteiger partial charge in [-0.3, -0.25) is 4.79 Å². The molecule has 0 aliphatic carbocycles. The van der Waals surface area contributed by atoms with Crippen LogP contribution in [0.1, 0.15) is 44.7 Å². The fourth-order valence-electron chi connectivity index (χ4n) is 3.95. The van der Waals surface area contributed by atoms with Crippen molar-refractivity contribution in [3.05, 3.63) is 46.4 Å². The van der Waals surface area contributed by atoms with Gasteiger partial charge in [-0.25, -0.2) is 0 Å². The number of benzene rings is 1. The fraction of sp³-hybridized carbons (Fsp3) is 0.450. The van der Waals surface area contributed by atoms with Gasteiger partial charge in [0.15, 0.2) is 11.5 Å². The van der Waals surface area contributed by atoms with Gasteiger partial charge in [0.2, 0.25) is 6.79 Å². The summed E-state index contributed by atoms with van der Waals surface area (Å²) >= 11 is 0. The predicted octanol–water partition coefficient (Wildman–Crippen LogP) is 4.17. The van der Waals surface area contributed by atoms with Crippen LogP contribution >= 0.6 is 0 Å². The molecule has 2 aliphatic heterocycles. The quantitative estimate of drug-likeness (QED) is 0.850. The van der Waals surface area contributed by atoms with Crippen LogP contribution in [0.25, 0.3) is 11.1 Å². The van der Waals surface area contributed by atoms with Gasteiger partial charge >= 0.3 is 0 Å². The Morgan fingerprint density at radius 2 is 1.92 bits per heavy atom. The lowest BCUT2D eigenvalue weighted by Crippen LogP contribution is -2.33. The molecule has 2 aliphatic rings. The maximum Gasteiger partial charge on any atom is 0.258 e. The molecular formula is C20H23NO3. The first kappa shape index (κ1) is 15.3. The molecule has 0 saturated carbocycles. The van der Waals surface area contributed by atoms with Crippen molar-refractivity contribution in [1.29, 1.82) is 0 Å². The summed E-state index contributed by atoms with van der Waals surface area (Å²) in [5.74, 6) is 2.54. The highest BCUT2D eigenvalue weighted by molar-refractivity contribution is 5.67. The molecule has 4 nitrogen and oxygen atoms in total. The third-order valence-electron chi connectivity index (χ3n) is 5.44. The first-order valence-corrected chi connectivity index (χ1v) is 8.85. The van der Waals surface area contributed by atoms with E-state index in [0.29, 0.717) is 17.6 Å².